The van der Waals surface area contributed by atoms with Crippen molar-refractivity contribution in [2.75, 3.05) is 31.3 Å². The maximum absolute atomic E-state index is 13.2. The van der Waals surface area contributed by atoms with E-state index in [4.69, 9.17) is 9.73 Å². The molecule has 1 saturated heterocycles. The quantitative estimate of drug-likeness (QED) is 0.549. The first-order valence-electron chi connectivity index (χ1n) is 12.9. The Morgan fingerprint density at radius 3 is 2.53 bits per heavy atom. The van der Waals surface area contributed by atoms with Crippen LogP contribution in [0.2, 0.25) is 0 Å². The van der Waals surface area contributed by atoms with Gasteiger partial charge in [0, 0.05) is 38.7 Å². The average Bonchev–Trinajstić information content (AvgIpc) is 3.14. The number of sulfonamides is 1. The summed E-state index contributed by atoms with van der Waals surface area (Å²) < 4.78 is 33.1. The molecule has 9 nitrogen and oxygen atoms in total. The Balaban J connectivity index is 1.37. The number of hydrogen-bond acceptors (Lipinski definition) is 6. The number of nitrogens with one attached hydrogen (secondary N) is 2. The van der Waals surface area contributed by atoms with Crippen molar-refractivity contribution in [2.45, 2.75) is 70.9 Å². The van der Waals surface area contributed by atoms with Gasteiger partial charge in [-0.3, -0.25) is 14.6 Å². The fourth-order valence-corrected chi connectivity index (χ4v) is 7.03. The van der Waals surface area contributed by atoms with E-state index in [1.54, 1.807) is 13.2 Å². The lowest BCUT2D eigenvalue weighted by Crippen LogP contribution is -2.51. The molecule has 1 aliphatic carbocycles. The molecule has 0 atom stereocenters. The predicted octanol–water partition coefficient (Wildman–Crippen LogP) is 2.85. The lowest BCUT2D eigenvalue weighted by Gasteiger charge is -2.34. The molecule has 0 bridgehead atoms. The van der Waals surface area contributed by atoms with E-state index >= 15 is 0 Å². The standard InChI is InChI=1S/C26H38N4O5S/c1-18-4-6-21(7-5-18)24-28-25(32)26(29-24)11-13-30(14-12-26)36(33,34)15-10-20-8-9-23(27-19(2)31)16-22(20)17-35-3/h8-9,16,18,21H,4-7,10-15,17H2,1-3H3,(H,27,31)(H,28,29,32). The summed E-state index contributed by atoms with van der Waals surface area (Å²) >= 11 is 0. The van der Waals surface area contributed by atoms with Crippen LogP contribution in [0.15, 0.2) is 23.2 Å². The molecule has 2 N–H and O–H groups in total. The number of carbonyl (C=O) groups excluding carboxylic acids is 2. The van der Waals surface area contributed by atoms with Gasteiger partial charge in [0.05, 0.1) is 12.4 Å². The van der Waals surface area contributed by atoms with Gasteiger partial charge >= 0.3 is 0 Å². The third kappa shape index (κ3) is 5.98. The highest BCUT2D eigenvalue weighted by atomic mass is 32.2. The van der Waals surface area contributed by atoms with Crippen molar-refractivity contribution in [1.29, 1.82) is 0 Å². The van der Waals surface area contributed by atoms with Crippen LogP contribution >= 0.6 is 0 Å². The zero-order valence-electron chi connectivity index (χ0n) is 21.5. The number of ether oxygens (including phenoxy) is 1. The van der Waals surface area contributed by atoms with Crippen molar-refractivity contribution in [2.24, 2.45) is 16.8 Å². The number of aryl methyl sites for hydroxylation is 1. The fourth-order valence-electron chi connectivity index (χ4n) is 5.55. The second-order valence-electron chi connectivity index (χ2n) is 10.5. The van der Waals surface area contributed by atoms with Gasteiger partial charge in [-0.2, -0.15) is 0 Å². The number of hydrogen-bond donors (Lipinski definition) is 2. The molecule has 2 fully saturated rings. The lowest BCUT2D eigenvalue weighted by atomic mass is 9.82. The number of amides is 2. The molecule has 1 aromatic rings. The van der Waals surface area contributed by atoms with Crippen LogP contribution in [-0.2, 0) is 37.4 Å². The van der Waals surface area contributed by atoms with Gasteiger partial charge in [-0.25, -0.2) is 12.7 Å². The number of anilines is 1. The van der Waals surface area contributed by atoms with Gasteiger partial charge in [0.2, 0.25) is 15.9 Å². The number of amidine groups is 1. The highest BCUT2D eigenvalue weighted by Gasteiger charge is 2.48. The van der Waals surface area contributed by atoms with Crippen LogP contribution in [0.4, 0.5) is 5.69 Å². The number of rotatable bonds is 8. The maximum atomic E-state index is 13.2. The molecule has 2 aliphatic heterocycles. The molecule has 1 saturated carbocycles. The Hall–Kier alpha value is -2.30. The maximum Gasteiger partial charge on any atom is 0.253 e. The Bertz CT molecular complexity index is 1120. The van der Waals surface area contributed by atoms with E-state index in [0.29, 0.717) is 50.6 Å². The van der Waals surface area contributed by atoms with E-state index in [-0.39, 0.29) is 17.6 Å². The van der Waals surface area contributed by atoms with E-state index in [9.17, 15) is 18.0 Å². The van der Waals surface area contributed by atoms with Gasteiger partial charge in [0.15, 0.2) is 0 Å². The normalized spacial score (nSPS) is 24.4. The van der Waals surface area contributed by atoms with E-state index < -0.39 is 15.6 Å². The number of carbonyl (C=O) groups is 2. The van der Waals surface area contributed by atoms with Crippen molar-refractivity contribution < 1.29 is 22.7 Å². The van der Waals surface area contributed by atoms with Crippen LogP contribution in [0.1, 0.15) is 63.5 Å². The third-order valence-corrected chi connectivity index (χ3v) is 9.67. The Morgan fingerprint density at radius 1 is 1.19 bits per heavy atom. The molecule has 0 aromatic heterocycles. The van der Waals surface area contributed by atoms with Crippen molar-refractivity contribution in [3.63, 3.8) is 0 Å². The zero-order valence-corrected chi connectivity index (χ0v) is 22.3. The third-order valence-electron chi connectivity index (χ3n) is 7.80. The minimum absolute atomic E-state index is 0.0306. The Kier molecular flexibility index (Phi) is 8.16. The van der Waals surface area contributed by atoms with Crippen LogP contribution in [0.5, 0.6) is 0 Å². The van der Waals surface area contributed by atoms with Crippen LogP contribution in [-0.4, -0.2) is 61.9 Å². The van der Waals surface area contributed by atoms with E-state index in [2.05, 4.69) is 17.6 Å². The summed E-state index contributed by atoms with van der Waals surface area (Å²) in [4.78, 5) is 29.1. The zero-order chi connectivity index (χ0) is 25.9. The van der Waals surface area contributed by atoms with Gasteiger partial charge in [-0.05, 0) is 61.3 Å². The predicted molar refractivity (Wildman–Crippen MR) is 139 cm³/mol. The first-order valence-corrected chi connectivity index (χ1v) is 14.5. The van der Waals surface area contributed by atoms with E-state index in [0.717, 1.165) is 48.6 Å². The fraction of sp³-hybridized carbons (Fsp3) is 0.654. The number of methoxy groups -OCH3 is 1. The molecule has 10 heteroatoms. The van der Waals surface area contributed by atoms with Crippen molar-refractivity contribution >= 4 is 33.4 Å². The van der Waals surface area contributed by atoms with Crippen molar-refractivity contribution in [3.05, 3.63) is 29.3 Å². The molecule has 2 amide bonds. The summed E-state index contributed by atoms with van der Waals surface area (Å²) in [6, 6.07) is 5.43. The number of benzene rings is 1. The number of nitrogens with zero attached hydrogens (tertiary/aromatic N) is 2. The van der Waals surface area contributed by atoms with Crippen LogP contribution in [0, 0.1) is 11.8 Å². The molecule has 198 valence electrons. The minimum Gasteiger partial charge on any atom is -0.380 e. The molecular formula is C26H38N4O5S. The highest BCUT2D eigenvalue weighted by Crippen LogP contribution is 2.36. The van der Waals surface area contributed by atoms with Gasteiger partial charge in [0.1, 0.15) is 11.4 Å². The summed E-state index contributed by atoms with van der Waals surface area (Å²) in [5.74, 6) is 1.58. The van der Waals surface area contributed by atoms with Crippen molar-refractivity contribution in [1.82, 2.24) is 9.62 Å². The Morgan fingerprint density at radius 2 is 1.89 bits per heavy atom. The van der Waals surface area contributed by atoms with Crippen LogP contribution in [0.3, 0.4) is 0 Å². The highest BCUT2D eigenvalue weighted by molar-refractivity contribution is 7.89. The Labute approximate surface area is 214 Å². The smallest absolute Gasteiger partial charge is 0.253 e. The van der Waals surface area contributed by atoms with Crippen molar-refractivity contribution in [3.8, 4) is 0 Å². The first-order chi connectivity index (χ1) is 17.1. The van der Waals surface area contributed by atoms with E-state index in [1.165, 1.54) is 11.2 Å². The monoisotopic (exact) mass is 518 g/mol. The molecule has 3 aliphatic rings. The van der Waals surface area contributed by atoms with Gasteiger partial charge in [0.25, 0.3) is 5.91 Å². The number of aliphatic imine (C=N–C) groups is 1. The van der Waals surface area contributed by atoms with E-state index in [1.807, 2.05) is 12.1 Å². The second kappa shape index (κ2) is 11.0. The summed E-state index contributed by atoms with van der Waals surface area (Å²) in [7, 11) is -1.92. The second-order valence-corrected chi connectivity index (χ2v) is 12.6. The summed E-state index contributed by atoms with van der Waals surface area (Å²) in [5.41, 5.74) is 1.54. The molecule has 4 rings (SSSR count). The molecule has 1 aromatic carbocycles. The molecule has 2 heterocycles. The van der Waals surface area contributed by atoms with Gasteiger partial charge in [-0.15, -0.1) is 0 Å². The number of piperidine rings is 1. The SMILES string of the molecule is COCc1cc(NC(C)=O)ccc1CCS(=O)(=O)N1CCC2(CC1)N=C(C1CCC(C)CC1)NC2=O. The lowest BCUT2D eigenvalue weighted by molar-refractivity contribution is -0.125. The molecular weight excluding hydrogens is 480 g/mol. The molecule has 1 spiro atoms. The molecule has 36 heavy (non-hydrogen) atoms. The summed E-state index contributed by atoms with van der Waals surface area (Å²) in [5, 5.41) is 5.78. The largest absolute Gasteiger partial charge is 0.380 e. The summed E-state index contributed by atoms with van der Waals surface area (Å²) in [6.45, 7) is 4.62. The van der Waals surface area contributed by atoms with Gasteiger partial charge < -0.3 is 15.4 Å². The average molecular weight is 519 g/mol. The first kappa shape index (κ1) is 26.8. The van der Waals surface area contributed by atoms with Gasteiger partial charge in [-0.1, -0.05) is 25.8 Å². The molecule has 0 radical (unpaired) electrons. The minimum atomic E-state index is -3.50. The summed E-state index contributed by atoms with van der Waals surface area (Å²) in [6.07, 6.45) is 5.56. The topological polar surface area (TPSA) is 117 Å². The van der Waals surface area contributed by atoms with Crippen LogP contribution in [0.25, 0.3) is 0 Å². The van der Waals surface area contributed by atoms with Crippen LogP contribution < -0.4 is 10.6 Å². The molecule has 0 unspecified atom stereocenters.